The summed E-state index contributed by atoms with van der Waals surface area (Å²) in [6, 6.07) is 0. The summed E-state index contributed by atoms with van der Waals surface area (Å²) < 4.78 is 4.71. The molecule has 29 heavy (non-hydrogen) atoms. The van der Waals surface area contributed by atoms with Crippen LogP contribution in [0.3, 0.4) is 0 Å². The molecule has 6 nitrogen and oxygen atoms in total. The molecule has 0 radical (unpaired) electrons. The third-order valence-electron chi connectivity index (χ3n) is 8.64. The zero-order valence-electron chi connectivity index (χ0n) is 17.3. The summed E-state index contributed by atoms with van der Waals surface area (Å²) in [4.78, 5) is 10.9. The maximum absolute atomic E-state index is 11.1. The van der Waals surface area contributed by atoms with Gasteiger partial charge >= 0.3 is 5.97 Å². The standard InChI is InChI=1S/C23H32O6/c1-12(24)29-9-6-13-4-7-22(2)14-5-8-23(3)15(10-18(26)21(23)28)19(14)17(25)11-16(22)20(13)27/h11,13-15,17-21,25-28H,4-5,7-8,10H2,1-3H3/t13?,14-,15+,17?,18?,19-,20?,21?,22-,23+/m1/s1. The summed E-state index contributed by atoms with van der Waals surface area (Å²) in [7, 11) is 0. The Morgan fingerprint density at radius 1 is 1.14 bits per heavy atom. The summed E-state index contributed by atoms with van der Waals surface area (Å²) in [5.41, 5.74) is 0.208. The molecule has 4 N–H and O–H groups in total. The van der Waals surface area contributed by atoms with Gasteiger partial charge in [0.05, 0.1) is 30.3 Å². The molecule has 4 aliphatic rings. The van der Waals surface area contributed by atoms with Gasteiger partial charge in [0.1, 0.15) is 6.11 Å². The fourth-order valence-corrected chi connectivity index (χ4v) is 7.03. The molecule has 3 fully saturated rings. The summed E-state index contributed by atoms with van der Waals surface area (Å²) in [5.74, 6) is 2.25. The molecular formula is C23H32O6. The molecule has 0 spiro atoms. The summed E-state index contributed by atoms with van der Waals surface area (Å²) in [6.45, 7) is 5.50. The summed E-state index contributed by atoms with van der Waals surface area (Å²) in [6.07, 6.45) is 4.86. The van der Waals surface area contributed by atoms with Crippen molar-refractivity contribution in [2.45, 2.75) is 77.3 Å². The van der Waals surface area contributed by atoms with Gasteiger partial charge in [-0.05, 0) is 66.3 Å². The normalized spacial score (nSPS) is 50.9. The molecular weight excluding hydrogens is 372 g/mol. The van der Waals surface area contributed by atoms with E-state index < -0.39 is 30.4 Å². The Morgan fingerprint density at radius 3 is 2.55 bits per heavy atom. The molecule has 0 aromatic rings. The second-order valence-electron chi connectivity index (χ2n) is 10.0. The third-order valence-corrected chi connectivity index (χ3v) is 8.64. The van der Waals surface area contributed by atoms with Gasteiger partial charge < -0.3 is 25.2 Å². The van der Waals surface area contributed by atoms with Crippen LogP contribution in [0.1, 0.15) is 52.9 Å². The lowest BCUT2D eigenvalue weighted by Gasteiger charge is -2.59. The predicted octanol–water partition coefficient (Wildman–Crippen LogP) is 1.36. The Bertz CT molecular complexity index is 780. The van der Waals surface area contributed by atoms with E-state index in [1.54, 1.807) is 6.08 Å². The van der Waals surface area contributed by atoms with Crippen molar-refractivity contribution in [1.29, 1.82) is 0 Å². The first-order valence-corrected chi connectivity index (χ1v) is 10.7. The number of carbonyl (C=O) groups excluding carboxylic acids is 1. The zero-order valence-corrected chi connectivity index (χ0v) is 17.3. The van der Waals surface area contributed by atoms with E-state index in [1.807, 2.05) is 6.92 Å². The maximum Gasteiger partial charge on any atom is 0.316 e. The largest absolute Gasteiger partial charge is 0.390 e. The van der Waals surface area contributed by atoms with Crippen LogP contribution in [0.4, 0.5) is 0 Å². The Kier molecular flexibility index (Phi) is 5.10. The van der Waals surface area contributed by atoms with Gasteiger partial charge in [0.25, 0.3) is 0 Å². The topological polar surface area (TPSA) is 107 Å². The van der Waals surface area contributed by atoms with Crippen molar-refractivity contribution < 1.29 is 30.0 Å². The zero-order chi connectivity index (χ0) is 21.1. The van der Waals surface area contributed by atoms with E-state index in [9.17, 15) is 25.2 Å². The second-order valence-corrected chi connectivity index (χ2v) is 10.0. The molecule has 0 amide bonds. The highest BCUT2D eigenvalue weighted by Crippen LogP contribution is 2.65. The SMILES string of the molecule is CC(=O)OC#CC1CC[C@@]2(C)C(=CC(O)[C@@H]3[C@H]2CC[C@]2(C)C(O)C(O)C[C@@H]32)C1O. The molecule has 0 aromatic carbocycles. The molecule has 0 heterocycles. The minimum Gasteiger partial charge on any atom is -0.390 e. The number of esters is 1. The van der Waals surface area contributed by atoms with E-state index >= 15 is 0 Å². The number of aliphatic hydroxyl groups is 4. The van der Waals surface area contributed by atoms with Crippen molar-refractivity contribution in [2.75, 3.05) is 0 Å². The fourth-order valence-electron chi connectivity index (χ4n) is 7.03. The Labute approximate surface area is 172 Å². The Hall–Kier alpha value is -1.39. The van der Waals surface area contributed by atoms with Crippen LogP contribution in [-0.4, -0.2) is 50.8 Å². The molecule has 160 valence electrons. The average Bonchev–Trinajstić information content (AvgIpc) is 2.89. The van der Waals surface area contributed by atoms with Gasteiger partial charge in [-0.1, -0.05) is 25.8 Å². The van der Waals surface area contributed by atoms with Crippen LogP contribution >= 0.6 is 0 Å². The smallest absolute Gasteiger partial charge is 0.316 e. The summed E-state index contributed by atoms with van der Waals surface area (Å²) in [5, 5.41) is 43.0. The van der Waals surface area contributed by atoms with Crippen LogP contribution in [0.25, 0.3) is 0 Å². The third kappa shape index (κ3) is 3.06. The molecule has 0 aromatic heterocycles. The Morgan fingerprint density at radius 2 is 1.86 bits per heavy atom. The van der Waals surface area contributed by atoms with E-state index in [1.165, 1.54) is 6.92 Å². The van der Waals surface area contributed by atoms with Crippen LogP contribution in [0.2, 0.25) is 0 Å². The van der Waals surface area contributed by atoms with Gasteiger partial charge in [-0.25, -0.2) is 0 Å². The van der Waals surface area contributed by atoms with Crippen molar-refractivity contribution in [3.05, 3.63) is 11.6 Å². The van der Waals surface area contributed by atoms with Gasteiger partial charge in [-0.3, -0.25) is 4.79 Å². The number of carbonyl (C=O) groups is 1. The van der Waals surface area contributed by atoms with Gasteiger partial charge in [0, 0.05) is 6.92 Å². The van der Waals surface area contributed by atoms with E-state index in [-0.39, 0.29) is 34.5 Å². The van der Waals surface area contributed by atoms with Crippen LogP contribution < -0.4 is 0 Å². The van der Waals surface area contributed by atoms with Crippen LogP contribution in [0.5, 0.6) is 0 Å². The molecule has 4 aliphatic carbocycles. The lowest BCUT2D eigenvalue weighted by atomic mass is 9.46. The van der Waals surface area contributed by atoms with Crippen molar-refractivity contribution >= 4 is 5.97 Å². The van der Waals surface area contributed by atoms with Gasteiger partial charge in [0.2, 0.25) is 0 Å². The van der Waals surface area contributed by atoms with Crippen molar-refractivity contribution in [1.82, 2.24) is 0 Å². The number of fused-ring (bicyclic) bond motifs is 5. The predicted molar refractivity (Wildman–Crippen MR) is 105 cm³/mol. The van der Waals surface area contributed by atoms with Gasteiger partial charge in [-0.15, -0.1) is 0 Å². The van der Waals surface area contributed by atoms with Crippen molar-refractivity contribution in [2.24, 2.45) is 34.5 Å². The van der Waals surface area contributed by atoms with Gasteiger partial charge in [0.15, 0.2) is 0 Å². The molecule has 0 saturated heterocycles. The molecule has 5 unspecified atom stereocenters. The van der Waals surface area contributed by atoms with E-state index in [0.29, 0.717) is 12.8 Å². The maximum atomic E-state index is 11.1. The number of hydrogen-bond donors (Lipinski definition) is 4. The van der Waals surface area contributed by atoms with E-state index in [2.05, 4.69) is 19.0 Å². The minimum atomic E-state index is -0.805. The quantitative estimate of drug-likeness (QED) is 0.276. The van der Waals surface area contributed by atoms with E-state index in [0.717, 1.165) is 24.8 Å². The van der Waals surface area contributed by atoms with Crippen LogP contribution in [0, 0.1) is 46.5 Å². The summed E-state index contributed by atoms with van der Waals surface area (Å²) >= 11 is 0. The lowest BCUT2D eigenvalue weighted by molar-refractivity contribution is -0.134. The highest BCUT2D eigenvalue weighted by atomic mass is 16.5. The monoisotopic (exact) mass is 404 g/mol. The first kappa shape index (κ1) is 20.9. The molecule has 3 saturated carbocycles. The molecule has 6 heteroatoms. The van der Waals surface area contributed by atoms with Crippen LogP contribution in [-0.2, 0) is 9.53 Å². The van der Waals surface area contributed by atoms with Crippen LogP contribution in [0.15, 0.2) is 11.6 Å². The number of hydrogen-bond acceptors (Lipinski definition) is 6. The fraction of sp³-hybridized carbons (Fsp3) is 0.783. The lowest BCUT2D eigenvalue weighted by Crippen LogP contribution is -2.56. The Balaban J connectivity index is 1.65. The highest BCUT2D eigenvalue weighted by Gasteiger charge is 2.63. The van der Waals surface area contributed by atoms with Crippen molar-refractivity contribution in [3.63, 3.8) is 0 Å². The first-order chi connectivity index (χ1) is 13.6. The number of ether oxygens (including phenoxy) is 1. The minimum absolute atomic E-state index is 0.0369. The van der Waals surface area contributed by atoms with E-state index in [4.69, 9.17) is 4.74 Å². The molecule has 10 atom stereocenters. The first-order valence-electron chi connectivity index (χ1n) is 10.7. The molecule has 4 rings (SSSR count). The van der Waals surface area contributed by atoms with Crippen molar-refractivity contribution in [3.8, 4) is 12.0 Å². The second kappa shape index (κ2) is 7.09. The highest BCUT2D eigenvalue weighted by molar-refractivity contribution is 5.67. The molecule has 0 aliphatic heterocycles. The average molecular weight is 405 g/mol. The van der Waals surface area contributed by atoms with Gasteiger partial charge in [-0.2, -0.15) is 0 Å². The number of aliphatic hydroxyl groups excluding tert-OH is 4. The number of rotatable bonds is 0. The molecule has 0 bridgehead atoms.